The molecule has 0 atom stereocenters. The molecule has 0 aliphatic carbocycles. The maximum Gasteiger partial charge on any atom is 0.205 e. The minimum absolute atomic E-state index is 0.403. The van der Waals surface area contributed by atoms with Crippen LogP contribution in [-0.4, -0.2) is 16.7 Å². The average molecular weight is 288 g/mol. The van der Waals surface area contributed by atoms with E-state index in [0.29, 0.717) is 11.0 Å². The molecule has 5 heteroatoms. The average Bonchev–Trinajstić information content (AvgIpc) is 2.76. The second-order valence-corrected chi connectivity index (χ2v) is 5.02. The first-order valence-corrected chi connectivity index (χ1v) is 6.56. The third kappa shape index (κ3) is 1.98. The second-order valence-electron chi connectivity index (χ2n) is 4.61. The molecule has 0 aliphatic heterocycles. The Morgan fingerprint density at radius 2 is 2.00 bits per heavy atom. The molecule has 0 aliphatic rings. The lowest BCUT2D eigenvalue weighted by molar-refractivity contribution is 0.415. The van der Waals surface area contributed by atoms with Gasteiger partial charge in [-0.25, -0.2) is 4.98 Å². The van der Waals surface area contributed by atoms with Gasteiger partial charge in [-0.05, 0) is 36.8 Å². The van der Waals surface area contributed by atoms with Crippen LogP contribution in [0.4, 0.5) is 5.95 Å². The van der Waals surface area contributed by atoms with Crippen molar-refractivity contribution >= 4 is 28.6 Å². The number of rotatable bonds is 2. The molecule has 20 heavy (non-hydrogen) atoms. The summed E-state index contributed by atoms with van der Waals surface area (Å²) in [5.41, 5.74) is 9.67. The molecule has 3 aromatic rings. The Kier molecular flexibility index (Phi) is 3.03. The van der Waals surface area contributed by atoms with Gasteiger partial charge >= 0.3 is 0 Å². The van der Waals surface area contributed by atoms with Crippen LogP contribution in [0.2, 0.25) is 5.02 Å². The predicted octanol–water partition coefficient (Wildman–Crippen LogP) is 3.58. The van der Waals surface area contributed by atoms with Gasteiger partial charge in [-0.1, -0.05) is 17.7 Å². The number of hydrogen-bond acceptors (Lipinski definition) is 3. The van der Waals surface area contributed by atoms with Crippen molar-refractivity contribution in [1.82, 2.24) is 9.55 Å². The van der Waals surface area contributed by atoms with Gasteiger partial charge in [0.05, 0.1) is 28.9 Å². The van der Waals surface area contributed by atoms with Crippen molar-refractivity contribution in [1.29, 1.82) is 0 Å². The molecule has 0 fully saturated rings. The van der Waals surface area contributed by atoms with Crippen LogP contribution in [0.5, 0.6) is 5.75 Å². The van der Waals surface area contributed by atoms with E-state index in [4.69, 9.17) is 22.1 Å². The third-order valence-electron chi connectivity index (χ3n) is 3.23. The topological polar surface area (TPSA) is 53.1 Å². The third-order valence-corrected chi connectivity index (χ3v) is 3.55. The lowest BCUT2D eigenvalue weighted by Crippen LogP contribution is -2.01. The molecule has 0 spiro atoms. The van der Waals surface area contributed by atoms with E-state index >= 15 is 0 Å². The maximum absolute atomic E-state index is 6.29. The molecule has 0 bridgehead atoms. The molecule has 0 amide bonds. The van der Waals surface area contributed by atoms with Gasteiger partial charge in [-0.3, -0.25) is 4.57 Å². The molecular weight excluding hydrogens is 274 g/mol. The molecule has 1 aromatic heterocycles. The lowest BCUT2D eigenvalue weighted by Gasteiger charge is -2.10. The zero-order valence-electron chi connectivity index (χ0n) is 11.2. The predicted molar refractivity (Wildman–Crippen MR) is 81.8 cm³/mol. The Bertz CT molecular complexity index is 795. The number of methoxy groups -OCH3 is 1. The largest absolute Gasteiger partial charge is 0.497 e. The number of aromatic nitrogens is 2. The summed E-state index contributed by atoms with van der Waals surface area (Å²) in [6.45, 7) is 2.01. The number of anilines is 1. The van der Waals surface area contributed by atoms with E-state index in [9.17, 15) is 0 Å². The highest BCUT2D eigenvalue weighted by Gasteiger charge is 2.13. The standard InChI is InChI=1S/C15H14ClN3O/c1-9-3-5-11(16)14(7-9)19-13-6-4-10(20-2)8-12(13)18-15(19)17/h3-8H,1-2H3,(H2,17,18). The summed E-state index contributed by atoms with van der Waals surface area (Å²) < 4.78 is 7.06. The lowest BCUT2D eigenvalue weighted by atomic mass is 10.2. The van der Waals surface area contributed by atoms with Crippen molar-refractivity contribution in [3.8, 4) is 11.4 Å². The number of benzene rings is 2. The van der Waals surface area contributed by atoms with E-state index in [1.165, 1.54) is 0 Å². The zero-order valence-corrected chi connectivity index (χ0v) is 12.0. The van der Waals surface area contributed by atoms with Crippen molar-refractivity contribution in [3.63, 3.8) is 0 Å². The Balaban J connectivity index is 2.30. The Hall–Kier alpha value is -2.20. The highest BCUT2D eigenvalue weighted by atomic mass is 35.5. The first kappa shape index (κ1) is 12.8. The van der Waals surface area contributed by atoms with Crippen LogP contribution in [0.1, 0.15) is 5.56 Å². The van der Waals surface area contributed by atoms with Gasteiger partial charge in [0.2, 0.25) is 5.95 Å². The summed E-state index contributed by atoms with van der Waals surface area (Å²) in [7, 11) is 1.62. The molecule has 0 saturated heterocycles. The quantitative estimate of drug-likeness (QED) is 0.784. The number of hydrogen-bond donors (Lipinski definition) is 1. The molecule has 0 radical (unpaired) electrons. The van der Waals surface area contributed by atoms with Gasteiger partial charge in [0, 0.05) is 6.07 Å². The summed E-state index contributed by atoms with van der Waals surface area (Å²) in [6, 6.07) is 11.5. The minimum Gasteiger partial charge on any atom is -0.497 e. The van der Waals surface area contributed by atoms with E-state index in [1.807, 2.05) is 47.9 Å². The molecule has 102 valence electrons. The highest BCUT2D eigenvalue weighted by Crippen LogP contribution is 2.30. The molecule has 0 unspecified atom stereocenters. The van der Waals surface area contributed by atoms with Crippen LogP contribution in [0.15, 0.2) is 36.4 Å². The number of nitrogens with zero attached hydrogens (tertiary/aromatic N) is 2. The van der Waals surface area contributed by atoms with E-state index < -0.39 is 0 Å². The highest BCUT2D eigenvalue weighted by molar-refractivity contribution is 6.32. The minimum atomic E-state index is 0.403. The van der Waals surface area contributed by atoms with Gasteiger partial charge in [0.25, 0.3) is 0 Å². The fourth-order valence-electron chi connectivity index (χ4n) is 2.25. The van der Waals surface area contributed by atoms with E-state index in [-0.39, 0.29) is 0 Å². The molecule has 4 nitrogen and oxygen atoms in total. The Labute approximate surface area is 121 Å². The normalized spacial score (nSPS) is 10.9. The van der Waals surface area contributed by atoms with Crippen LogP contribution >= 0.6 is 11.6 Å². The zero-order chi connectivity index (χ0) is 14.3. The SMILES string of the molecule is COc1ccc2c(c1)nc(N)n2-c1cc(C)ccc1Cl. The van der Waals surface area contributed by atoms with Crippen molar-refractivity contribution in [3.05, 3.63) is 47.0 Å². The molecule has 2 aromatic carbocycles. The smallest absolute Gasteiger partial charge is 0.205 e. The monoisotopic (exact) mass is 287 g/mol. The van der Waals surface area contributed by atoms with Crippen LogP contribution < -0.4 is 10.5 Å². The summed E-state index contributed by atoms with van der Waals surface area (Å²) in [5, 5.41) is 0.636. The van der Waals surface area contributed by atoms with Crippen LogP contribution in [0.3, 0.4) is 0 Å². The van der Waals surface area contributed by atoms with Crippen molar-refractivity contribution < 1.29 is 4.74 Å². The second kappa shape index (κ2) is 4.72. The fourth-order valence-corrected chi connectivity index (χ4v) is 2.45. The summed E-state index contributed by atoms with van der Waals surface area (Å²) in [4.78, 5) is 4.37. The van der Waals surface area contributed by atoms with E-state index in [2.05, 4.69) is 4.98 Å². The Morgan fingerprint density at radius 3 is 2.75 bits per heavy atom. The molecule has 3 rings (SSSR count). The van der Waals surface area contributed by atoms with Gasteiger partial charge in [-0.15, -0.1) is 0 Å². The van der Waals surface area contributed by atoms with Crippen molar-refractivity contribution in [2.45, 2.75) is 6.92 Å². The van der Waals surface area contributed by atoms with E-state index in [1.54, 1.807) is 7.11 Å². The summed E-state index contributed by atoms with van der Waals surface area (Å²) in [6.07, 6.45) is 0. The van der Waals surface area contributed by atoms with Crippen molar-refractivity contribution in [2.75, 3.05) is 12.8 Å². The Morgan fingerprint density at radius 1 is 1.20 bits per heavy atom. The summed E-state index contributed by atoms with van der Waals surface area (Å²) in [5.74, 6) is 1.15. The van der Waals surface area contributed by atoms with Crippen LogP contribution in [0.25, 0.3) is 16.7 Å². The number of fused-ring (bicyclic) bond motifs is 1. The van der Waals surface area contributed by atoms with Gasteiger partial charge < -0.3 is 10.5 Å². The number of halogens is 1. The number of ether oxygens (including phenoxy) is 1. The van der Waals surface area contributed by atoms with E-state index in [0.717, 1.165) is 28.0 Å². The van der Waals surface area contributed by atoms with Gasteiger partial charge in [-0.2, -0.15) is 0 Å². The maximum atomic E-state index is 6.29. The molecule has 0 saturated carbocycles. The number of nitrogen functional groups attached to an aromatic ring is 1. The van der Waals surface area contributed by atoms with Crippen LogP contribution in [-0.2, 0) is 0 Å². The van der Waals surface area contributed by atoms with Gasteiger partial charge in [0.15, 0.2) is 0 Å². The van der Waals surface area contributed by atoms with Crippen molar-refractivity contribution in [2.24, 2.45) is 0 Å². The number of aryl methyl sites for hydroxylation is 1. The fraction of sp³-hybridized carbons (Fsp3) is 0.133. The number of imidazole rings is 1. The molecule has 1 heterocycles. The van der Waals surface area contributed by atoms with Crippen LogP contribution in [0, 0.1) is 6.92 Å². The number of nitrogens with two attached hydrogens (primary N) is 1. The molecular formula is C15H14ClN3O. The molecule has 2 N–H and O–H groups in total. The first-order chi connectivity index (χ1) is 9.60. The van der Waals surface area contributed by atoms with Gasteiger partial charge in [0.1, 0.15) is 5.75 Å². The first-order valence-electron chi connectivity index (χ1n) is 6.18. The summed E-state index contributed by atoms with van der Waals surface area (Å²) >= 11 is 6.29.